The van der Waals surface area contributed by atoms with E-state index < -0.39 is 0 Å². The first-order chi connectivity index (χ1) is 9.69. The molecule has 0 aliphatic carbocycles. The third kappa shape index (κ3) is 2.36. The Labute approximate surface area is 118 Å². The number of rotatable bonds is 4. The molecule has 6 nitrogen and oxygen atoms in total. The van der Waals surface area contributed by atoms with Crippen molar-refractivity contribution >= 4 is 16.9 Å². The van der Waals surface area contributed by atoms with Gasteiger partial charge in [-0.05, 0) is 12.3 Å². The summed E-state index contributed by atoms with van der Waals surface area (Å²) in [5.74, 6) is 0.872. The normalized spacial score (nSPS) is 23.7. The maximum Gasteiger partial charge on any atom is 0.151 e. The van der Waals surface area contributed by atoms with Crippen LogP contribution >= 0.6 is 0 Å². The number of nitrogen functional groups attached to an aromatic ring is 1. The molecule has 1 aliphatic heterocycles. The predicted octanol–water partition coefficient (Wildman–Crippen LogP) is 1.13. The summed E-state index contributed by atoms with van der Waals surface area (Å²) in [7, 11) is 0. The van der Waals surface area contributed by atoms with E-state index in [1.165, 1.54) is 6.33 Å². The number of aliphatic hydroxyl groups is 1. The summed E-state index contributed by atoms with van der Waals surface area (Å²) in [6.45, 7) is 4.63. The third-order valence-electron chi connectivity index (χ3n) is 4.11. The molecule has 0 unspecified atom stereocenters. The smallest absolute Gasteiger partial charge is 0.151 e. The number of aromatic nitrogens is 3. The Hall–Kier alpha value is -1.66. The van der Waals surface area contributed by atoms with Gasteiger partial charge in [0.05, 0.1) is 11.6 Å². The molecule has 20 heavy (non-hydrogen) atoms. The Morgan fingerprint density at radius 1 is 1.45 bits per heavy atom. The molecular weight excluding hydrogens is 254 g/mol. The van der Waals surface area contributed by atoms with Crippen molar-refractivity contribution in [1.29, 1.82) is 0 Å². The molecule has 0 saturated carbocycles. The van der Waals surface area contributed by atoms with Gasteiger partial charge in [0, 0.05) is 31.4 Å². The zero-order valence-electron chi connectivity index (χ0n) is 11.7. The van der Waals surface area contributed by atoms with E-state index in [1.54, 1.807) is 0 Å². The van der Waals surface area contributed by atoms with Crippen LogP contribution < -0.4 is 5.73 Å². The molecule has 0 bridgehead atoms. The number of hydrogen-bond donors (Lipinski definition) is 3. The Bertz CT molecular complexity index is 596. The molecule has 1 fully saturated rings. The molecule has 2 aromatic heterocycles. The number of aliphatic hydroxyl groups excluding tert-OH is 1. The molecule has 3 heterocycles. The number of H-pyrrole nitrogens is 1. The number of nitrogens with one attached hydrogen (secondary N) is 1. The van der Waals surface area contributed by atoms with Gasteiger partial charge in [-0.1, -0.05) is 13.3 Å². The second-order valence-electron chi connectivity index (χ2n) is 5.61. The highest BCUT2D eigenvalue weighted by atomic mass is 16.3. The van der Waals surface area contributed by atoms with Crippen LogP contribution in [0.3, 0.4) is 0 Å². The number of nitrogens with two attached hydrogens (primary N) is 1. The van der Waals surface area contributed by atoms with E-state index in [-0.39, 0.29) is 6.10 Å². The van der Waals surface area contributed by atoms with E-state index in [9.17, 15) is 5.11 Å². The molecule has 2 aromatic rings. The van der Waals surface area contributed by atoms with Crippen LogP contribution in [0.1, 0.15) is 25.3 Å². The summed E-state index contributed by atoms with van der Waals surface area (Å²) in [5.41, 5.74) is 8.61. The van der Waals surface area contributed by atoms with Crippen molar-refractivity contribution in [2.24, 2.45) is 5.92 Å². The highest BCUT2D eigenvalue weighted by Crippen LogP contribution is 2.26. The molecule has 0 spiro atoms. The average molecular weight is 275 g/mol. The molecule has 0 amide bonds. The molecule has 3 rings (SSSR count). The van der Waals surface area contributed by atoms with Gasteiger partial charge in [-0.3, -0.25) is 4.90 Å². The van der Waals surface area contributed by atoms with Crippen LogP contribution in [-0.4, -0.2) is 44.2 Å². The maximum atomic E-state index is 10.1. The lowest BCUT2D eigenvalue weighted by Crippen LogP contribution is -2.21. The second-order valence-corrected chi connectivity index (χ2v) is 5.61. The summed E-state index contributed by atoms with van der Waals surface area (Å²) in [6.07, 6.45) is 5.43. The fraction of sp³-hybridized carbons (Fsp3) is 0.571. The van der Waals surface area contributed by atoms with E-state index >= 15 is 0 Å². The maximum absolute atomic E-state index is 10.1. The number of aromatic amines is 1. The summed E-state index contributed by atoms with van der Waals surface area (Å²) in [6, 6.07) is 0. The Morgan fingerprint density at radius 3 is 3.10 bits per heavy atom. The number of anilines is 1. The lowest BCUT2D eigenvalue weighted by atomic mass is 10.0. The summed E-state index contributed by atoms with van der Waals surface area (Å²) in [4.78, 5) is 13.7. The van der Waals surface area contributed by atoms with E-state index in [4.69, 9.17) is 5.73 Å². The van der Waals surface area contributed by atoms with Gasteiger partial charge in [-0.2, -0.15) is 0 Å². The number of hydrogen-bond acceptors (Lipinski definition) is 5. The van der Waals surface area contributed by atoms with E-state index in [2.05, 4.69) is 26.8 Å². The van der Waals surface area contributed by atoms with Gasteiger partial charge >= 0.3 is 0 Å². The highest BCUT2D eigenvalue weighted by Gasteiger charge is 2.30. The molecule has 6 heteroatoms. The summed E-state index contributed by atoms with van der Waals surface area (Å²) < 4.78 is 0. The van der Waals surface area contributed by atoms with Gasteiger partial charge in [-0.25, -0.2) is 9.97 Å². The molecule has 1 aliphatic rings. The van der Waals surface area contributed by atoms with Crippen LogP contribution in [0.2, 0.25) is 0 Å². The predicted molar refractivity (Wildman–Crippen MR) is 78.0 cm³/mol. The van der Waals surface area contributed by atoms with Crippen LogP contribution in [0.5, 0.6) is 0 Å². The van der Waals surface area contributed by atoms with Gasteiger partial charge in [-0.15, -0.1) is 0 Å². The minimum atomic E-state index is -0.208. The third-order valence-corrected chi connectivity index (χ3v) is 4.11. The Kier molecular flexibility index (Phi) is 3.58. The number of fused-ring (bicyclic) bond motifs is 1. The van der Waals surface area contributed by atoms with Crippen molar-refractivity contribution in [3.05, 3.63) is 18.1 Å². The minimum Gasteiger partial charge on any atom is -0.391 e. The van der Waals surface area contributed by atoms with Crippen molar-refractivity contribution in [2.45, 2.75) is 32.4 Å². The molecule has 4 N–H and O–H groups in total. The minimum absolute atomic E-state index is 0.208. The summed E-state index contributed by atoms with van der Waals surface area (Å²) in [5, 5.41) is 10.1. The van der Waals surface area contributed by atoms with Crippen LogP contribution in [0.4, 0.5) is 5.82 Å². The number of β-amino-alcohol motifs (C(OH)–C–C–N with tert-alkyl or cyclic N) is 1. The number of likely N-dealkylation sites (tertiary alicyclic amines) is 1. The first-order valence-electron chi connectivity index (χ1n) is 7.16. The fourth-order valence-electron chi connectivity index (χ4n) is 3.10. The lowest BCUT2D eigenvalue weighted by Gasteiger charge is -2.14. The first kappa shape index (κ1) is 13.3. The van der Waals surface area contributed by atoms with Crippen LogP contribution in [0.25, 0.3) is 11.0 Å². The first-order valence-corrected chi connectivity index (χ1v) is 7.16. The standard InChI is InChI=1S/C14H21N5O/c1-2-3-9-5-19(7-11(9)20)6-10-4-16-13-12(10)17-8-18-14(13)15/h4,8-9,11,16,20H,2-3,5-7H2,1H3,(H2,15,17,18)/t9-,11-/m0/s1. The zero-order valence-corrected chi connectivity index (χ0v) is 11.7. The van der Waals surface area contributed by atoms with E-state index in [0.717, 1.165) is 49.1 Å². The van der Waals surface area contributed by atoms with E-state index in [0.29, 0.717) is 11.7 Å². The fourth-order valence-corrected chi connectivity index (χ4v) is 3.10. The zero-order chi connectivity index (χ0) is 14.1. The quantitative estimate of drug-likeness (QED) is 0.778. The van der Waals surface area contributed by atoms with Crippen LogP contribution in [-0.2, 0) is 6.54 Å². The Morgan fingerprint density at radius 2 is 2.30 bits per heavy atom. The number of nitrogens with zero attached hydrogens (tertiary/aromatic N) is 3. The van der Waals surface area contributed by atoms with Crippen LogP contribution in [0.15, 0.2) is 12.5 Å². The SMILES string of the molecule is CCC[C@H]1CN(Cc2c[nH]c3c(N)ncnc23)C[C@@H]1O. The topological polar surface area (TPSA) is 91.1 Å². The van der Waals surface area contributed by atoms with Gasteiger partial charge in [0.2, 0.25) is 0 Å². The van der Waals surface area contributed by atoms with E-state index in [1.807, 2.05) is 6.20 Å². The summed E-state index contributed by atoms with van der Waals surface area (Å²) >= 11 is 0. The highest BCUT2D eigenvalue weighted by molar-refractivity contribution is 5.86. The van der Waals surface area contributed by atoms with Gasteiger partial charge in [0.1, 0.15) is 11.8 Å². The Balaban J connectivity index is 1.76. The van der Waals surface area contributed by atoms with Gasteiger partial charge in [0.25, 0.3) is 0 Å². The average Bonchev–Trinajstić information content (AvgIpc) is 2.97. The van der Waals surface area contributed by atoms with Crippen molar-refractivity contribution in [3.8, 4) is 0 Å². The molecular formula is C14H21N5O. The van der Waals surface area contributed by atoms with Crippen molar-refractivity contribution in [1.82, 2.24) is 19.9 Å². The largest absolute Gasteiger partial charge is 0.391 e. The second kappa shape index (κ2) is 5.38. The molecule has 0 radical (unpaired) electrons. The van der Waals surface area contributed by atoms with Crippen molar-refractivity contribution < 1.29 is 5.11 Å². The van der Waals surface area contributed by atoms with Crippen LogP contribution in [0, 0.1) is 5.92 Å². The van der Waals surface area contributed by atoms with Gasteiger partial charge in [0.15, 0.2) is 5.82 Å². The monoisotopic (exact) mass is 275 g/mol. The van der Waals surface area contributed by atoms with Crippen molar-refractivity contribution in [2.75, 3.05) is 18.8 Å². The van der Waals surface area contributed by atoms with Gasteiger partial charge < -0.3 is 15.8 Å². The molecule has 1 saturated heterocycles. The lowest BCUT2D eigenvalue weighted by molar-refractivity contribution is 0.137. The molecule has 0 aromatic carbocycles. The molecule has 108 valence electrons. The molecule has 2 atom stereocenters. The van der Waals surface area contributed by atoms with Crippen molar-refractivity contribution in [3.63, 3.8) is 0 Å².